The van der Waals surface area contributed by atoms with Crippen LogP contribution in [0.3, 0.4) is 0 Å². The van der Waals surface area contributed by atoms with Gasteiger partial charge in [-0.25, -0.2) is 0 Å². The van der Waals surface area contributed by atoms with Crippen LogP contribution in [0.1, 0.15) is 51.4 Å². The lowest BCUT2D eigenvalue weighted by molar-refractivity contribution is -0.140. The van der Waals surface area contributed by atoms with E-state index in [9.17, 15) is 9.90 Å². The van der Waals surface area contributed by atoms with Gasteiger partial charge in [0.25, 0.3) is 0 Å². The smallest absolute Gasteiger partial charge is 0.225 e. The maximum absolute atomic E-state index is 12.4. The van der Waals surface area contributed by atoms with Gasteiger partial charge in [-0.1, -0.05) is 12.5 Å². The minimum atomic E-state index is 0.0128. The van der Waals surface area contributed by atoms with Gasteiger partial charge in [0.2, 0.25) is 5.91 Å². The summed E-state index contributed by atoms with van der Waals surface area (Å²) in [5.74, 6) is 0.737. The van der Waals surface area contributed by atoms with E-state index >= 15 is 0 Å². The van der Waals surface area contributed by atoms with Crippen LogP contribution in [0.15, 0.2) is 12.7 Å². The average Bonchev–Trinajstić information content (AvgIpc) is 2.54. The first kappa shape index (κ1) is 17.0. The number of aliphatic hydroxyl groups excluding tert-OH is 1. The summed E-state index contributed by atoms with van der Waals surface area (Å²) in [6.45, 7) is 8.09. The topological polar surface area (TPSA) is 43.8 Å². The van der Waals surface area contributed by atoms with Crippen molar-refractivity contribution in [2.75, 3.05) is 32.8 Å². The molecule has 1 aliphatic carbocycles. The molecular formula is C19H32N2O2. The zero-order valence-corrected chi connectivity index (χ0v) is 14.4. The quantitative estimate of drug-likeness (QED) is 0.791. The van der Waals surface area contributed by atoms with Crippen molar-refractivity contribution in [1.82, 2.24) is 9.80 Å². The second kappa shape index (κ2) is 7.35. The zero-order valence-electron chi connectivity index (χ0n) is 14.4. The predicted octanol–water partition coefficient (Wildman–Crippen LogP) is 2.43. The summed E-state index contributed by atoms with van der Waals surface area (Å²) in [7, 11) is 0. The van der Waals surface area contributed by atoms with Crippen LogP contribution in [0, 0.1) is 11.3 Å². The lowest BCUT2D eigenvalue weighted by Gasteiger charge is -2.47. The monoisotopic (exact) mass is 320 g/mol. The Balaban J connectivity index is 1.52. The van der Waals surface area contributed by atoms with Crippen LogP contribution in [-0.2, 0) is 4.79 Å². The van der Waals surface area contributed by atoms with E-state index < -0.39 is 0 Å². The molecule has 3 aliphatic rings. The fraction of sp³-hybridized carbons (Fsp3) is 0.842. The molecule has 4 nitrogen and oxygen atoms in total. The number of nitrogens with zero attached hydrogens (tertiary/aromatic N) is 2. The summed E-state index contributed by atoms with van der Waals surface area (Å²) in [5.41, 5.74) is 0.0128. The highest BCUT2D eigenvalue weighted by atomic mass is 16.3. The van der Waals surface area contributed by atoms with Crippen LogP contribution < -0.4 is 0 Å². The second-order valence-corrected chi connectivity index (χ2v) is 7.91. The number of carbonyl (C=O) groups excluding carboxylic acids is 1. The van der Waals surface area contributed by atoms with Crippen LogP contribution in [0.5, 0.6) is 0 Å². The van der Waals surface area contributed by atoms with Crippen molar-refractivity contribution < 1.29 is 9.90 Å². The van der Waals surface area contributed by atoms with Gasteiger partial charge in [-0.15, -0.1) is 6.58 Å². The number of aliphatic hydroxyl groups is 1. The van der Waals surface area contributed by atoms with Gasteiger partial charge in [0.15, 0.2) is 0 Å². The molecule has 3 rings (SSSR count). The fourth-order valence-electron chi connectivity index (χ4n) is 4.59. The van der Waals surface area contributed by atoms with Gasteiger partial charge in [-0.3, -0.25) is 9.69 Å². The highest BCUT2D eigenvalue weighted by molar-refractivity contribution is 5.79. The van der Waals surface area contributed by atoms with Crippen LogP contribution >= 0.6 is 0 Å². The minimum absolute atomic E-state index is 0.0128. The number of allylic oxidation sites excluding steroid dienone is 1. The molecule has 1 N–H and O–H groups in total. The minimum Gasteiger partial charge on any atom is -0.396 e. The molecule has 0 aromatic rings. The van der Waals surface area contributed by atoms with Gasteiger partial charge in [-0.05, 0) is 51.5 Å². The normalized spacial score (nSPS) is 30.9. The summed E-state index contributed by atoms with van der Waals surface area (Å²) in [6, 6.07) is 0.580. The molecule has 2 aliphatic heterocycles. The molecule has 130 valence electrons. The van der Waals surface area contributed by atoms with Crippen molar-refractivity contribution in [2.24, 2.45) is 11.3 Å². The summed E-state index contributed by atoms with van der Waals surface area (Å²) < 4.78 is 0. The third-order valence-corrected chi connectivity index (χ3v) is 6.35. The van der Waals surface area contributed by atoms with Crippen molar-refractivity contribution in [3.8, 4) is 0 Å². The Morgan fingerprint density at radius 3 is 2.48 bits per heavy atom. The average molecular weight is 320 g/mol. The maximum Gasteiger partial charge on any atom is 0.225 e. The Morgan fingerprint density at radius 2 is 1.91 bits per heavy atom. The molecule has 1 amide bonds. The molecule has 2 heterocycles. The predicted molar refractivity (Wildman–Crippen MR) is 92.1 cm³/mol. The number of carbonyl (C=O) groups is 1. The molecule has 1 saturated carbocycles. The Labute approximate surface area is 140 Å². The van der Waals surface area contributed by atoms with E-state index in [1.165, 1.54) is 6.42 Å². The van der Waals surface area contributed by atoms with E-state index in [1.807, 2.05) is 6.08 Å². The molecule has 0 radical (unpaired) electrons. The third kappa shape index (κ3) is 3.63. The van der Waals surface area contributed by atoms with Crippen molar-refractivity contribution in [3.63, 3.8) is 0 Å². The molecule has 1 atom stereocenters. The molecule has 3 fully saturated rings. The fourth-order valence-corrected chi connectivity index (χ4v) is 4.59. The Bertz CT molecular complexity index is 427. The van der Waals surface area contributed by atoms with E-state index in [4.69, 9.17) is 0 Å². The molecule has 23 heavy (non-hydrogen) atoms. The first-order chi connectivity index (χ1) is 11.2. The van der Waals surface area contributed by atoms with Crippen LogP contribution in [0.25, 0.3) is 0 Å². The summed E-state index contributed by atoms with van der Waals surface area (Å²) in [6.07, 6.45) is 10.7. The number of amides is 1. The molecule has 0 spiro atoms. The number of rotatable bonds is 5. The molecule has 1 unspecified atom stereocenters. The van der Waals surface area contributed by atoms with Crippen molar-refractivity contribution in [2.45, 2.75) is 57.4 Å². The molecule has 0 aromatic carbocycles. The maximum atomic E-state index is 12.4. The number of likely N-dealkylation sites (tertiary alicyclic amines) is 2. The lowest BCUT2D eigenvalue weighted by atomic mass is 9.77. The zero-order chi connectivity index (χ0) is 16.3. The van der Waals surface area contributed by atoms with Gasteiger partial charge >= 0.3 is 0 Å². The highest BCUT2D eigenvalue weighted by Gasteiger charge is 2.38. The van der Waals surface area contributed by atoms with E-state index in [-0.39, 0.29) is 12.0 Å². The summed E-state index contributed by atoms with van der Waals surface area (Å²) in [4.78, 5) is 17.0. The van der Waals surface area contributed by atoms with Gasteiger partial charge in [-0.2, -0.15) is 0 Å². The van der Waals surface area contributed by atoms with Crippen molar-refractivity contribution in [3.05, 3.63) is 12.7 Å². The summed E-state index contributed by atoms with van der Waals surface area (Å²) >= 11 is 0. The SMILES string of the molecule is C=CCC1(CO)CCCN(C2CCN(C(=O)C3CCC3)CC2)C1. The Morgan fingerprint density at radius 1 is 1.17 bits per heavy atom. The van der Waals surface area contributed by atoms with E-state index in [2.05, 4.69) is 16.4 Å². The first-order valence-corrected chi connectivity index (χ1v) is 9.42. The Hall–Kier alpha value is -0.870. The Kier molecular flexibility index (Phi) is 5.42. The van der Waals surface area contributed by atoms with Gasteiger partial charge in [0.05, 0.1) is 6.61 Å². The van der Waals surface area contributed by atoms with Crippen LogP contribution in [0.4, 0.5) is 0 Å². The number of piperidine rings is 2. The molecule has 4 heteroatoms. The van der Waals surface area contributed by atoms with E-state index in [0.29, 0.717) is 17.9 Å². The van der Waals surface area contributed by atoms with Gasteiger partial charge in [0.1, 0.15) is 0 Å². The molecule has 0 bridgehead atoms. The third-order valence-electron chi connectivity index (χ3n) is 6.35. The number of hydrogen-bond donors (Lipinski definition) is 1. The standard InChI is InChI=1S/C19H32N2O2/c1-2-9-19(15-22)10-4-11-21(14-19)17-7-12-20(13-8-17)18(23)16-5-3-6-16/h2,16-17,22H,1,3-15H2. The molecule has 2 saturated heterocycles. The van der Waals surface area contributed by atoms with Crippen molar-refractivity contribution in [1.29, 1.82) is 0 Å². The summed E-state index contributed by atoms with van der Waals surface area (Å²) in [5, 5.41) is 9.87. The number of hydrogen-bond acceptors (Lipinski definition) is 3. The lowest BCUT2D eigenvalue weighted by Crippen LogP contribution is -2.53. The molecule has 0 aromatic heterocycles. The molecular weight excluding hydrogens is 288 g/mol. The van der Waals surface area contributed by atoms with E-state index in [1.54, 1.807) is 0 Å². The van der Waals surface area contributed by atoms with Crippen LogP contribution in [0.2, 0.25) is 0 Å². The van der Waals surface area contributed by atoms with Crippen LogP contribution in [-0.4, -0.2) is 59.6 Å². The second-order valence-electron chi connectivity index (χ2n) is 7.91. The van der Waals surface area contributed by atoms with Gasteiger partial charge < -0.3 is 10.0 Å². The first-order valence-electron chi connectivity index (χ1n) is 9.42. The highest BCUT2D eigenvalue weighted by Crippen LogP contribution is 2.36. The largest absolute Gasteiger partial charge is 0.396 e. The van der Waals surface area contributed by atoms with E-state index in [0.717, 1.165) is 71.1 Å². The van der Waals surface area contributed by atoms with Crippen molar-refractivity contribution >= 4 is 5.91 Å². The van der Waals surface area contributed by atoms with Gasteiger partial charge in [0, 0.05) is 37.0 Å².